The fourth-order valence-electron chi connectivity index (χ4n) is 0.887. The van der Waals surface area contributed by atoms with Crippen LogP contribution in [0.1, 0.15) is 12.5 Å². The van der Waals surface area contributed by atoms with Crippen molar-refractivity contribution in [1.82, 2.24) is 0 Å². The third kappa shape index (κ3) is 3.24. The number of aliphatic imine (C=N–C) groups is 1. The highest BCUT2D eigenvalue weighted by Gasteiger charge is 1.95. The van der Waals surface area contributed by atoms with Gasteiger partial charge in [0.2, 0.25) is 0 Å². The molecule has 0 bridgehead atoms. The molecular formula is C11H13NS2. The van der Waals surface area contributed by atoms with Gasteiger partial charge in [0.05, 0.1) is 10.7 Å². The van der Waals surface area contributed by atoms with Crippen molar-refractivity contribution < 1.29 is 0 Å². The largest absolute Gasteiger partial charge is 0.242 e. The maximum absolute atomic E-state index is 4.33. The zero-order valence-corrected chi connectivity index (χ0v) is 10.0. The first-order chi connectivity index (χ1) is 6.63. The molecule has 0 fully saturated rings. The Kier molecular flexibility index (Phi) is 4.29. The third-order valence-corrected chi connectivity index (χ3v) is 2.66. The van der Waals surface area contributed by atoms with Crippen molar-refractivity contribution in [3.8, 4) is 0 Å². The van der Waals surface area contributed by atoms with E-state index < -0.39 is 0 Å². The van der Waals surface area contributed by atoms with Gasteiger partial charge in [-0.05, 0) is 37.0 Å². The molecule has 0 unspecified atom stereocenters. The first kappa shape index (κ1) is 11.4. The maximum atomic E-state index is 4.33. The second-order valence-electron chi connectivity index (χ2n) is 3.08. The van der Waals surface area contributed by atoms with Gasteiger partial charge < -0.3 is 0 Å². The number of rotatable bonds is 2. The fraction of sp³-hybridized carbons (Fsp3) is 0.182. The summed E-state index contributed by atoms with van der Waals surface area (Å²) in [6, 6.07) is 7.99. The number of benzene rings is 1. The second kappa shape index (κ2) is 5.27. The summed E-state index contributed by atoms with van der Waals surface area (Å²) in [5, 5.41) is 2.39. The van der Waals surface area contributed by atoms with E-state index in [2.05, 4.69) is 30.2 Å². The normalized spacial score (nSPS) is 13.1. The van der Waals surface area contributed by atoms with Gasteiger partial charge in [0, 0.05) is 0 Å². The van der Waals surface area contributed by atoms with Gasteiger partial charge in [0.25, 0.3) is 0 Å². The molecule has 0 N–H and O–H groups in total. The molecule has 0 aliphatic carbocycles. The van der Waals surface area contributed by atoms with Gasteiger partial charge in [-0.3, -0.25) is 0 Å². The molecule has 0 spiro atoms. The lowest BCUT2D eigenvalue weighted by molar-refractivity contribution is 1.43. The van der Waals surface area contributed by atoms with Gasteiger partial charge in [-0.2, -0.15) is 12.6 Å². The number of hydrogen-bond acceptors (Lipinski definition) is 2. The molecule has 0 aromatic heterocycles. The highest BCUT2D eigenvalue weighted by Crippen LogP contribution is 2.15. The molecule has 14 heavy (non-hydrogen) atoms. The minimum atomic E-state index is 0.698. The molecule has 0 radical (unpaired) electrons. The number of nitrogens with zero attached hydrogens (tertiary/aromatic N) is 1. The summed E-state index contributed by atoms with van der Waals surface area (Å²) in [5.74, 6) is 0. The van der Waals surface area contributed by atoms with Crippen LogP contribution in [0.4, 0.5) is 5.69 Å². The van der Waals surface area contributed by atoms with Crippen molar-refractivity contribution in [1.29, 1.82) is 0 Å². The van der Waals surface area contributed by atoms with Crippen LogP contribution in [0.15, 0.2) is 40.2 Å². The smallest absolute Gasteiger partial charge is 0.0970 e. The Morgan fingerprint density at radius 1 is 1.29 bits per heavy atom. The molecular weight excluding hydrogens is 210 g/mol. The van der Waals surface area contributed by atoms with E-state index in [1.54, 1.807) is 5.41 Å². The van der Waals surface area contributed by atoms with E-state index in [0.29, 0.717) is 5.04 Å². The molecule has 0 saturated heterocycles. The van der Waals surface area contributed by atoms with Crippen molar-refractivity contribution in [3.63, 3.8) is 0 Å². The van der Waals surface area contributed by atoms with Crippen molar-refractivity contribution in [2.24, 2.45) is 4.99 Å². The molecule has 74 valence electrons. The van der Waals surface area contributed by atoms with Gasteiger partial charge in [-0.1, -0.05) is 17.7 Å². The van der Waals surface area contributed by atoms with Crippen molar-refractivity contribution in [2.45, 2.75) is 13.8 Å². The Bertz CT molecular complexity index is 363. The highest BCUT2D eigenvalue weighted by atomic mass is 32.1. The first-order valence-corrected chi connectivity index (χ1v) is 5.25. The Morgan fingerprint density at radius 2 is 1.86 bits per heavy atom. The standard InChI is InChI=1S/C11H13NS2/c1-8-3-5-10(6-4-8)12-11(14)9(2)7-13/h3-7,13H,1-2H3,(H,12,14)/b9-7+. The van der Waals surface area contributed by atoms with Crippen LogP contribution in [-0.2, 0) is 0 Å². The zero-order valence-electron chi connectivity index (χ0n) is 8.23. The molecule has 1 nitrogen and oxygen atoms in total. The van der Waals surface area contributed by atoms with Crippen molar-refractivity contribution in [2.75, 3.05) is 0 Å². The monoisotopic (exact) mass is 223 g/mol. The Morgan fingerprint density at radius 3 is 2.36 bits per heavy atom. The summed E-state index contributed by atoms with van der Waals surface area (Å²) >= 11 is 8.32. The summed E-state index contributed by atoms with van der Waals surface area (Å²) in [7, 11) is 0. The minimum absolute atomic E-state index is 0.698. The van der Waals surface area contributed by atoms with E-state index in [0.717, 1.165) is 11.3 Å². The molecule has 1 aromatic rings. The van der Waals surface area contributed by atoms with Crippen LogP contribution in [0.5, 0.6) is 0 Å². The van der Waals surface area contributed by atoms with Crippen LogP contribution >= 0.6 is 25.3 Å². The van der Waals surface area contributed by atoms with Gasteiger partial charge in [0.1, 0.15) is 0 Å². The van der Waals surface area contributed by atoms with Crippen molar-refractivity contribution in [3.05, 3.63) is 40.8 Å². The van der Waals surface area contributed by atoms with E-state index in [4.69, 9.17) is 0 Å². The quantitative estimate of drug-likeness (QED) is 0.430. The average molecular weight is 223 g/mol. The van der Waals surface area contributed by atoms with Crippen molar-refractivity contribution >= 4 is 36.0 Å². The Labute approximate surface area is 95.8 Å². The van der Waals surface area contributed by atoms with Crippen LogP contribution in [0.2, 0.25) is 0 Å². The summed E-state index contributed by atoms with van der Waals surface area (Å²) in [6.07, 6.45) is 0. The second-order valence-corrected chi connectivity index (χ2v) is 3.76. The molecule has 0 heterocycles. The molecule has 0 amide bonds. The van der Waals surface area contributed by atoms with Gasteiger partial charge >= 0.3 is 0 Å². The zero-order chi connectivity index (χ0) is 10.6. The SMILES string of the molecule is CC(=C\S)/C(S)=N/c1ccc(C)cc1. The lowest BCUT2D eigenvalue weighted by atomic mass is 10.2. The van der Waals surface area contributed by atoms with E-state index in [1.165, 1.54) is 5.56 Å². The summed E-state index contributed by atoms with van der Waals surface area (Å²) < 4.78 is 0. The van der Waals surface area contributed by atoms with E-state index in [9.17, 15) is 0 Å². The fourth-order valence-corrected chi connectivity index (χ4v) is 1.29. The molecule has 3 heteroatoms. The lowest BCUT2D eigenvalue weighted by Gasteiger charge is -1.99. The summed E-state index contributed by atoms with van der Waals surface area (Å²) in [6.45, 7) is 3.97. The van der Waals surface area contributed by atoms with E-state index >= 15 is 0 Å². The van der Waals surface area contributed by atoms with Crippen LogP contribution in [0.25, 0.3) is 0 Å². The third-order valence-electron chi connectivity index (χ3n) is 1.82. The van der Waals surface area contributed by atoms with Crippen LogP contribution < -0.4 is 0 Å². The van der Waals surface area contributed by atoms with Gasteiger partial charge in [-0.15, -0.1) is 12.6 Å². The molecule has 0 aliphatic heterocycles. The van der Waals surface area contributed by atoms with Crippen LogP contribution in [-0.4, -0.2) is 5.04 Å². The Hall–Kier alpha value is -0.670. The maximum Gasteiger partial charge on any atom is 0.0970 e. The number of thiol groups is 2. The lowest BCUT2D eigenvalue weighted by Crippen LogP contribution is -1.87. The summed E-state index contributed by atoms with van der Waals surface area (Å²) in [4.78, 5) is 4.33. The van der Waals surface area contributed by atoms with Crippen LogP contribution in [0, 0.1) is 6.92 Å². The minimum Gasteiger partial charge on any atom is -0.242 e. The topological polar surface area (TPSA) is 12.4 Å². The predicted octanol–water partition coefficient (Wildman–Crippen LogP) is 3.79. The highest BCUT2D eigenvalue weighted by molar-refractivity contribution is 7.97. The van der Waals surface area contributed by atoms with Crippen LogP contribution in [0.3, 0.4) is 0 Å². The summed E-state index contributed by atoms with van der Waals surface area (Å²) in [5.41, 5.74) is 3.10. The Balaban J connectivity index is 2.92. The first-order valence-electron chi connectivity index (χ1n) is 4.29. The number of aryl methyl sites for hydroxylation is 1. The molecule has 0 atom stereocenters. The van der Waals surface area contributed by atoms with E-state index in [1.807, 2.05) is 38.1 Å². The molecule has 1 rings (SSSR count). The molecule has 0 aliphatic rings. The predicted molar refractivity (Wildman–Crippen MR) is 70.0 cm³/mol. The number of hydrogen-bond donors (Lipinski definition) is 2. The molecule has 0 saturated carbocycles. The van der Waals surface area contributed by atoms with Gasteiger partial charge in [0.15, 0.2) is 0 Å². The van der Waals surface area contributed by atoms with E-state index in [-0.39, 0.29) is 0 Å². The molecule has 1 aromatic carbocycles. The average Bonchev–Trinajstić information content (AvgIpc) is 2.20. The van der Waals surface area contributed by atoms with Gasteiger partial charge in [-0.25, -0.2) is 4.99 Å².